The lowest BCUT2D eigenvalue weighted by atomic mass is 10.00. The van der Waals surface area contributed by atoms with Crippen molar-refractivity contribution in [1.82, 2.24) is 5.32 Å². The third-order valence-electron chi connectivity index (χ3n) is 2.86. The molecule has 0 heterocycles. The van der Waals surface area contributed by atoms with E-state index in [0.717, 1.165) is 12.0 Å². The molecular formula is C12H18BrNO2. The lowest BCUT2D eigenvalue weighted by Gasteiger charge is -2.27. The van der Waals surface area contributed by atoms with Crippen molar-refractivity contribution in [2.24, 2.45) is 0 Å². The van der Waals surface area contributed by atoms with E-state index in [2.05, 4.69) is 21.2 Å². The van der Waals surface area contributed by atoms with Gasteiger partial charge in [-0.3, -0.25) is 0 Å². The van der Waals surface area contributed by atoms with Crippen LogP contribution in [0.1, 0.15) is 25.8 Å². The highest BCUT2D eigenvalue weighted by molar-refractivity contribution is 9.10. The van der Waals surface area contributed by atoms with Gasteiger partial charge >= 0.3 is 0 Å². The molecule has 1 atom stereocenters. The van der Waals surface area contributed by atoms with Crippen LogP contribution in [0, 0.1) is 0 Å². The van der Waals surface area contributed by atoms with Crippen LogP contribution in [0.25, 0.3) is 0 Å². The standard InChI is InChI=1S/C12H18BrNO2/c1-3-12(2,8-15)14-7-9-4-5-11(16)10(13)6-9/h4-6,14-16H,3,7-8H2,1-2H3. The van der Waals surface area contributed by atoms with Gasteiger partial charge in [0.2, 0.25) is 0 Å². The van der Waals surface area contributed by atoms with Gasteiger partial charge in [0.05, 0.1) is 11.1 Å². The maximum Gasteiger partial charge on any atom is 0.129 e. The smallest absolute Gasteiger partial charge is 0.129 e. The fourth-order valence-electron chi connectivity index (χ4n) is 1.27. The van der Waals surface area contributed by atoms with E-state index in [4.69, 9.17) is 0 Å². The summed E-state index contributed by atoms with van der Waals surface area (Å²) in [4.78, 5) is 0. The predicted octanol–water partition coefficient (Wildman–Crippen LogP) is 2.41. The van der Waals surface area contributed by atoms with Crippen LogP contribution in [-0.4, -0.2) is 22.4 Å². The van der Waals surface area contributed by atoms with E-state index < -0.39 is 0 Å². The maximum absolute atomic E-state index is 9.36. The molecular weight excluding hydrogens is 270 g/mol. The molecule has 16 heavy (non-hydrogen) atoms. The fraction of sp³-hybridized carbons (Fsp3) is 0.500. The normalized spacial score (nSPS) is 14.8. The Balaban J connectivity index is 2.64. The number of phenols is 1. The van der Waals surface area contributed by atoms with Crippen LogP contribution in [-0.2, 0) is 6.54 Å². The van der Waals surface area contributed by atoms with Crippen molar-refractivity contribution in [3.8, 4) is 5.75 Å². The third kappa shape index (κ3) is 3.47. The Kier molecular flexibility index (Phi) is 4.77. The van der Waals surface area contributed by atoms with Gasteiger partial charge in [-0.05, 0) is 47.0 Å². The van der Waals surface area contributed by atoms with Crippen molar-refractivity contribution in [3.05, 3.63) is 28.2 Å². The van der Waals surface area contributed by atoms with Crippen LogP contribution in [0.4, 0.5) is 0 Å². The van der Waals surface area contributed by atoms with Crippen molar-refractivity contribution < 1.29 is 10.2 Å². The SMILES string of the molecule is CCC(C)(CO)NCc1ccc(O)c(Br)c1. The van der Waals surface area contributed by atoms with Gasteiger partial charge in [-0.2, -0.15) is 0 Å². The summed E-state index contributed by atoms with van der Waals surface area (Å²) in [6.45, 7) is 4.81. The highest BCUT2D eigenvalue weighted by Crippen LogP contribution is 2.24. The van der Waals surface area contributed by atoms with Gasteiger partial charge in [0.25, 0.3) is 0 Å². The third-order valence-corrected chi connectivity index (χ3v) is 3.50. The summed E-state index contributed by atoms with van der Waals surface area (Å²) < 4.78 is 0.689. The first-order chi connectivity index (χ1) is 7.50. The summed E-state index contributed by atoms with van der Waals surface area (Å²) in [6.07, 6.45) is 0.864. The molecule has 3 N–H and O–H groups in total. The number of halogens is 1. The molecule has 0 aliphatic carbocycles. The highest BCUT2D eigenvalue weighted by Gasteiger charge is 2.19. The van der Waals surface area contributed by atoms with Crippen molar-refractivity contribution >= 4 is 15.9 Å². The number of aliphatic hydroxyl groups excluding tert-OH is 1. The summed E-state index contributed by atoms with van der Waals surface area (Å²) in [7, 11) is 0. The Bertz CT molecular complexity index is 351. The monoisotopic (exact) mass is 287 g/mol. The molecule has 0 aliphatic rings. The topological polar surface area (TPSA) is 52.5 Å². The zero-order valence-corrected chi connectivity index (χ0v) is 11.2. The first-order valence-corrected chi connectivity index (χ1v) is 6.13. The Morgan fingerprint density at radius 1 is 1.44 bits per heavy atom. The largest absolute Gasteiger partial charge is 0.507 e. The first kappa shape index (κ1) is 13.5. The number of aliphatic hydroxyl groups is 1. The first-order valence-electron chi connectivity index (χ1n) is 5.34. The highest BCUT2D eigenvalue weighted by atomic mass is 79.9. The second-order valence-corrected chi connectivity index (χ2v) is 5.07. The predicted molar refractivity (Wildman–Crippen MR) is 68.4 cm³/mol. The Labute approximate surface area is 105 Å². The van der Waals surface area contributed by atoms with Crippen LogP contribution in [0.5, 0.6) is 5.75 Å². The number of aromatic hydroxyl groups is 1. The molecule has 1 aromatic rings. The fourth-order valence-corrected chi connectivity index (χ4v) is 1.69. The van der Waals surface area contributed by atoms with Crippen molar-refractivity contribution in [1.29, 1.82) is 0 Å². The lowest BCUT2D eigenvalue weighted by molar-refractivity contribution is 0.169. The van der Waals surface area contributed by atoms with Crippen LogP contribution in [0.15, 0.2) is 22.7 Å². The molecule has 90 valence electrons. The molecule has 0 radical (unpaired) electrons. The van der Waals surface area contributed by atoms with Gasteiger partial charge in [-0.1, -0.05) is 13.0 Å². The second-order valence-electron chi connectivity index (χ2n) is 4.21. The molecule has 4 heteroatoms. The number of benzene rings is 1. The second kappa shape index (κ2) is 5.66. The molecule has 0 aromatic heterocycles. The lowest BCUT2D eigenvalue weighted by Crippen LogP contribution is -2.44. The van der Waals surface area contributed by atoms with E-state index in [0.29, 0.717) is 11.0 Å². The molecule has 1 rings (SSSR count). The van der Waals surface area contributed by atoms with Crippen LogP contribution < -0.4 is 5.32 Å². The van der Waals surface area contributed by atoms with Crippen LogP contribution in [0.3, 0.4) is 0 Å². The van der Waals surface area contributed by atoms with Crippen LogP contribution >= 0.6 is 15.9 Å². The summed E-state index contributed by atoms with van der Waals surface area (Å²) in [5.41, 5.74) is 0.822. The number of rotatable bonds is 5. The summed E-state index contributed by atoms with van der Waals surface area (Å²) in [5.74, 6) is 0.240. The Hall–Kier alpha value is -0.580. The minimum atomic E-state index is -0.246. The summed E-state index contributed by atoms with van der Waals surface area (Å²) in [6, 6.07) is 5.39. The number of hydrogen-bond acceptors (Lipinski definition) is 3. The van der Waals surface area contributed by atoms with Crippen LogP contribution in [0.2, 0.25) is 0 Å². The number of phenolic OH excluding ortho intramolecular Hbond substituents is 1. The molecule has 3 nitrogen and oxygen atoms in total. The maximum atomic E-state index is 9.36. The molecule has 0 fully saturated rings. The Morgan fingerprint density at radius 3 is 2.62 bits per heavy atom. The molecule has 0 bridgehead atoms. The molecule has 0 amide bonds. The van der Waals surface area contributed by atoms with Crippen molar-refractivity contribution in [3.63, 3.8) is 0 Å². The van der Waals surface area contributed by atoms with E-state index in [1.807, 2.05) is 26.0 Å². The van der Waals surface area contributed by atoms with E-state index >= 15 is 0 Å². The minimum absolute atomic E-state index is 0.114. The van der Waals surface area contributed by atoms with Gasteiger partial charge in [-0.25, -0.2) is 0 Å². The zero-order valence-electron chi connectivity index (χ0n) is 9.63. The Morgan fingerprint density at radius 2 is 2.12 bits per heavy atom. The van der Waals surface area contributed by atoms with Gasteiger partial charge in [-0.15, -0.1) is 0 Å². The molecule has 0 saturated heterocycles. The van der Waals surface area contributed by atoms with Crippen molar-refractivity contribution in [2.75, 3.05) is 6.61 Å². The molecule has 0 spiro atoms. The van der Waals surface area contributed by atoms with Gasteiger partial charge in [0, 0.05) is 12.1 Å². The molecule has 1 aromatic carbocycles. The number of nitrogens with one attached hydrogen (secondary N) is 1. The molecule has 0 saturated carbocycles. The van der Waals surface area contributed by atoms with Gasteiger partial charge in [0.1, 0.15) is 5.75 Å². The van der Waals surface area contributed by atoms with Gasteiger partial charge < -0.3 is 15.5 Å². The van der Waals surface area contributed by atoms with E-state index in [1.54, 1.807) is 6.07 Å². The molecule has 0 aliphatic heterocycles. The average Bonchev–Trinajstić information content (AvgIpc) is 2.30. The van der Waals surface area contributed by atoms with E-state index in [9.17, 15) is 10.2 Å². The quantitative estimate of drug-likeness (QED) is 0.780. The van der Waals surface area contributed by atoms with E-state index in [-0.39, 0.29) is 17.9 Å². The minimum Gasteiger partial charge on any atom is -0.507 e. The van der Waals surface area contributed by atoms with E-state index in [1.165, 1.54) is 0 Å². The van der Waals surface area contributed by atoms with Gasteiger partial charge in [0.15, 0.2) is 0 Å². The summed E-state index contributed by atoms with van der Waals surface area (Å²) in [5, 5.41) is 21.9. The zero-order chi connectivity index (χ0) is 12.2. The summed E-state index contributed by atoms with van der Waals surface area (Å²) >= 11 is 3.27. The van der Waals surface area contributed by atoms with Crippen molar-refractivity contribution in [2.45, 2.75) is 32.4 Å². The average molecular weight is 288 g/mol. The molecule has 1 unspecified atom stereocenters. The number of hydrogen-bond donors (Lipinski definition) is 3.